The minimum atomic E-state index is 0.379. The van der Waals surface area contributed by atoms with E-state index < -0.39 is 0 Å². The number of hydrogen-bond acceptors (Lipinski definition) is 4. The zero-order valence-electron chi connectivity index (χ0n) is 11.8. The largest absolute Gasteiger partial charge is 0.456 e. The van der Waals surface area contributed by atoms with Crippen LogP contribution in [0.2, 0.25) is 5.15 Å². The average molecular weight is 388 g/mol. The summed E-state index contributed by atoms with van der Waals surface area (Å²) in [6.07, 6.45) is 1.86. The number of nitrogens with two attached hydrogens (primary N) is 1. The molecule has 3 heterocycles. The van der Waals surface area contributed by atoms with Crippen LogP contribution in [0.1, 0.15) is 24.0 Å². The van der Waals surface area contributed by atoms with E-state index in [1.54, 1.807) is 17.4 Å². The van der Waals surface area contributed by atoms with Gasteiger partial charge in [-0.1, -0.05) is 24.6 Å². The number of furan rings is 1. The fourth-order valence-electron chi connectivity index (χ4n) is 1.83. The number of fused-ring (bicyclic) bond motifs is 1. The Bertz CT molecular complexity index is 725. The van der Waals surface area contributed by atoms with E-state index in [-0.39, 0.29) is 0 Å². The highest BCUT2D eigenvalue weighted by molar-refractivity contribution is 9.10. The second-order valence-corrected chi connectivity index (χ2v) is 6.86. The molecule has 2 N–H and O–H groups in total. The Morgan fingerprint density at radius 1 is 1.48 bits per heavy atom. The van der Waals surface area contributed by atoms with Gasteiger partial charge in [0.25, 0.3) is 0 Å². The van der Waals surface area contributed by atoms with Gasteiger partial charge < -0.3 is 10.2 Å². The number of aromatic nitrogens is 1. The number of nitrogens with zero attached hydrogens (tertiary/aromatic N) is 1. The highest BCUT2D eigenvalue weighted by Crippen LogP contribution is 2.34. The number of hydrogen-bond donors (Lipinski definition) is 1. The molecule has 0 unspecified atom stereocenters. The molecule has 0 aliphatic heterocycles. The average Bonchev–Trinajstić information content (AvgIpc) is 3.01. The van der Waals surface area contributed by atoms with Crippen LogP contribution in [0.5, 0.6) is 0 Å². The van der Waals surface area contributed by atoms with E-state index in [1.165, 1.54) is 4.88 Å². The summed E-state index contributed by atoms with van der Waals surface area (Å²) in [5.41, 5.74) is 7.62. The van der Waals surface area contributed by atoms with Gasteiger partial charge in [-0.05, 0) is 40.7 Å². The van der Waals surface area contributed by atoms with Gasteiger partial charge in [0.2, 0.25) is 0 Å². The summed E-state index contributed by atoms with van der Waals surface area (Å²) >= 11 is 11.1. The smallest absolute Gasteiger partial charge is 0.176 e. The van der Waals surface area contributed by atoms with Crippen molar-refractivity contribution in [1.82, 2.24) is 4.98 Å². The third-order valence-electron chi connectivity index (χ3n) is 2.79. The number of pyridine rings is 1. The summed E-state index contributed by atoms with van der Waals surface area (Å²) in [5.74, 6) is 0.869. The molecule has 3 aromatic rings. The van der Waals surface area contributed by atoms with Crippen molar-refractivity contribution in [2.45, 2.75) is 26.7 Å². The molecular weight excluding hydrogens is 372 g/mol. The van der Waals surface area contributed by atoms with Crippen molar-refractivity contribution >= 4 is 55.7 Å². The van der Waals surface area contributed by atoms with Gasteiger partial charge in [0, 0.05) is 17.4 Å². The van der Waals surface area contributed by atoms with Crippen LogP contribution in [-0.2, 0) is 6.42 Å². The van der Waals surface area contributed by atoms with Gasteiger partial charge in [-0.15, -0.1) is 11.3 Å². The molecule has 112 valence electrons. The second kappa shape index (κ2) is 7.29. The zero-order chi connectivity index (χ0) is 15.4. The van der Waals surface area contributed by atoms with Crippen molar-refractivity contribution in [3.8, 4) is 0 Å². The van der Waals surface area contributed by atoms with E-state index in [4.69, 9.17) is 21.8 Å². The van der Waals surface area contributed by atoms with Gasteiger partial charge in [-0.25, -0.2) is 4.98 Å². The summed E-state index contributed by atoms with van der Waals surface area (Å²) in [5, 5.41) is 2.46. The fraction of sp³-hybridized carbons (Fsp3) is 0.267. The van der Waals surface area contributed by atoms with Crippen molar-refractivity contribution in [3.05, 3.63) is 43.8 Å². The van der Waals surface area contributed by atoms with Gasteiger partial charge in [0.15, 0.2) is 5.58 Å². The Balaban J connectivity index is 0.000000225. The number of aryl methyl sites for hydroxylation is 2. The first-order valence-electron chi connectivity index (χ1n) is 6.56. The van der Waals surface area contributed by atoms with E-state index >= 15 is 0 Å². The SMILES string of the molecule is CCCc1oc2c(N)cc(Cl)nc2c1Br.Cc1cccs1. The number of halogens is 2. The van der Waals surface area contributed by atoms with Gasteiger partial charge in [-0.3, -0.25) is 0 Å². The Kier molecular flexibility index (Phi) is 5.67. The first-order chi connectivity index (χ1) is 10.0. The summed E-state index contributed by atoms with van der Waals surface area (Å²) in [6.45, 7) is 4.19. The standard InChI is InChI=1S/C10H10BrClN2O.C5H6S/c1-2-3-6-8(11)9-10(15-6)5(13)4-7(12)14-9;1-5-3-2-4-6-5/h4H,2-3H2,1H3,(H2,13,14);2-4H,1H3. The highest BCUT2D eigenvalue weighted by Gasteiger charge is 2.15. The number of thiophene rings is 1. The van der Waals surface area contributed by atoms with Crippen LogP contribution >= 0.6 is 38.9 Å². The van der Waals surface area contributed by atoms with E-state index in [9.17, 15) is 0 Å². The lowest BCUT2D eigenvalue weighted by Gasteiger charge is -1.94. The summed E-state index contributed by atoms with van der Waals surface area (Å²) in [7, 11) is 0. The van der Waals surface area contributed by atoms with Crippen LogP contribution in [0.15, 0.2) is 32.5 Å². The number of rotatable bonds is 2. The van der Waals surface area contributed by atoms with Crippen molar-refractivity contribution in [2.75, 3.05) is 5.73 Å². The van der Waals surface area contributed by atoms with Gasteiger partial charge in [0.05, 0.1) is 10.2 Å². The van der Waals surface area contributed by atoms with Crippen LogP contribution < -0.4 is 5.73 Å². The Morgan fingerprint density at radius 2 is 2.24 bits per heavy atom. The summed E-state index contributed by atoms with van der Waals surface area (Å²) < 4.78 is 6.49. The monoisotopic (exact) mass is 386 g/mol. The summed E-state index contributed by atoms with van der Waals surface area (Å²) in [4.78, 5) is 5.57. The first kappa shape index (κ1) is 16.3. The van der Waals surface area contributed by atoms with Crippen LogP contribution in [0.25, 0.3) is 11.1 Å². The molecule has 0 saturated heterocycles. The van der Waals surface area contributed by atoms with E-state index in [1.807, 2.05) is 0 Å². The lowest BCUT2D eigenvalue weighted by molar-refractivity contribution is 0.542. The van der Waals surface area contributed by atoms with E-state index in [0.717, 1.165) is 23.1 Å². The second-order valence-electron chi connectivity index (χ2n) is 4.52. The first-order valence-corrected chi connectivity index (χ1v) is 8.61. The van der Waals surface area contributed by atoms with Gasteiger partial charge in [-0.2, -0.15) is 0 Å². The predicted molar refractivity (Wildman–Crippen MR) is 94.2 cm³/mol. The normalized spacial score (nSPS) is 10.5. The molecule has 0 aromatic carbocycles. The molecule has 0 spiro atoms. The third kappa shape index (κ3) is 3.99. The van der Waals surface area contributed by atoms with Gasteiger partial charge >= 0.3 is 0 Å². The Labute approximate surface area is 141 Å². The molecule has 3 nitrogen and oxygen atoms in total. The maximum atomic E-state index is 5.83. The van der Waals surface area contributed by atoms with Crippen LogP contribution in [0.3, 0.4) is 0 Å². The highest BCUT2D eigenvalue weighted by atomic mass is 79.9. The van der Waals surface area contributed by atoms with Crippen molar-refractivity contribution in [3.63, 3.8) is 0 Å². The molecule has 3 rings (SSSR count). The van der Waals surface area contributed by atoms with E-state index in [2.05, 4.69) is 52.3 Å². The zero-order valence-corrected chi connectivity index (χ0v) is 15.0. The predicted octanol–water partition coefficient (Wildman–Crippen LogP) is 5.83. The molecular formula is C15H16BrClN2OS. The molecule has 0 bridgehead atoms. The van der Waals surface area contributed by atoms with Crippen molar-refractivity contribution < 1.29 is 4.42 Å². The lowest BCUT2D eigenvalue weighted by atomic mass is 10.2. The lowest BCUT2D eigenvalue weighted by Crippen LogP contribution is -1.87. The maximum Gasteiger partial charge on any atom is 0.176 e. The Hall–Kier alpha value is -1.04. The molecule has 0 amide bonds. The van der Waals surface area contributed by atoms with Gasteiger partial charge in [0.1, 0.15) is 16.4 Å². The Morgan fingerprint density at radius 3 is 2.76 bits per heavy atom. The quantitative estimate of drug-likeness (QED) is 0.562. The topological polar surface area (TPSA) is 52.0 Å². The minimum absolute atomic E-state index is 0.379. The van der Waals surface area contributed by atoms with Crippen LogP contribution in [0.4, 0.5) is 5.69 Å². The molecule has 0 radical (unpaired) electrons. The number of nitrogen functional groups attached to an aromatic ring is 1. The third-order valence-corrected chi connectivity index (χ3v) is 4.60. The van der Waals surface area contributed by atoms with E-state index in [0.29, 0.717) is 21.9 Å². The molecule has 0 fully saturated rings. The van der Waals surface area contributed by atoms with Crippen LogP contribution in [0, 0.1) is 6.92 Å². The molecule has 3 aromatic heterocycles. The fourth-order valence-corrected chi connectivity index (χ4v) is 3.10. The van der Waals surface area contributed by atoms with Crippen LogP contribution in [-0.4, -0.2) is 4.98 Å². The van der Waals surface area contributed by atoms with Crippen molar-refractivity contribution in [1.29, 1.82) is 0 Å². The molecule has 0 aliphatic rings. The summed E-state index contributed by atoms with van der Waals surface area (Å²) in [6, 6.07) is 5.75. The minimum Gasteiger partial charge on any atom is -0.456 e. The molecule has 21 heavy (non-hydrogen) atoms. The van der Waals surface area contributed by atoms with Crippen molar-refractivity contribution in [2.24, 2.45) is 0 Å². The number of anilines is 1. The molecule has 0 aliphatic carbocycles. The molecule has 0 saturated carbocycles. The molecule has 0 atom stereocenters. The molecule has 6 heteroatoms. The maximum absolute atomic E-state index is 5.83.